The fraction of sp³-hybridized carbons (Fsp3) is 0.333. The van der Waals surface area contributed by atoms with Crippen LogP contribution in [0.4, 0.5) is 5.69 Å². The summed E-state index contributed by atoms with van der Waals surface area (Å²) >= 11 is 6.12. The van der Waals surface area contributed by atoms with Crippen molar-refractivity contribution in [1.29, 1.82) is 0 Å². The summed E-state index contributed by atoms with van der Waals surface area (Å²) in [5.74, 6) is 0.516. The van der Waals surface area contributed by atoms with Crippen LogP contribution in [0.3, 0.4) is 0 Å². The molecule has 2 amide bonds. The van der Waals surface area contributed by atoms with Crippen molar-refractivity contribution in [2.75, 3.05) is 38.2 Å². The molecule has 6 rings (SSSR count). The molecule has 3 heterocycles. The Labute approximate surface area is 262 Å². The van der Waals surface area contributed by atoms with Crippen LogP contribution in [0.2, 0.25) is 5.02 Å². The van der Waals surface area contributed by atoms with Gasteiger partial charge in [-0.1, -0.05) is 54.1 Å². The van der Waals surface area contributed by atoms with Crippen LogP contribution in [-0.2, 0) is 35.5 Å². The molecular weight excluding hydrogens is 578 g/mol. The van der Waals surface area contributed by atoms with Crippen LogP contribution in [0, 0.1) is 0 Å². The number of amides is 2. The van der Waals surface area contributed by atoms with Gasteiger partial charge in [-0.3, -0.25) is 9.59 Å². The van der Waals surface area contributed by atoms with E-state index in [0.717, 1.165) is 28.1 Å². The Bertz CT molecular complexity index is 1590. The molecule has 11 heteroatoms. The third kappa shape index (κ3) is 6.87. The van der Waals surface area contributed by atoms with Crippen molar-refractivity contribution in [3.05, 3.63) is 107 Å². The standard InChI is InChI=1S/C33H36ClN7O3/c1-44-28-11-8-26(20-41-22-35-21-37-41)31(18-28)39-12-14-40(15-13-39)33(43)30(16-23-6-9-27(34)10-7-23)38-32(42)29-17-24-4-2-3-5-25(24)19-36-29/h2-11,18,21-22,29-30,36H,12-17,19-20H2,1H3,(H,38,42)/t29-,30-/m1/s1. The number of rotatable bonds is 9. The van der Waals surface area contributed by atoms with E-state index in [9.17, 15) is 9.59 Å². The molecule has 0 spiro atoms. The number of nitrogens with zero attached hydrogens (tertiary/aromatic N) is 5. The van der Waals surface area contributed by atoms with Crippen molar-refractivity contribution in [1.82, 2.24) is 30.3 Å². The Morgan fingerprint density at radius 1 is 1.05 bits per heavy atom. The van der Waals surface area contributed by atoms with E-state index in [0.29, 0.717) is 57.1 Å². The molecule has 0 unspecified atom stereocenters. The molecule has 2 N–H and O–H groups in total. The first kappa shape index (κ1) is 29.7. The van der Waals surface area contributed by atoms with Crippen molar-refractivity contribution in [2.24, 2.45) is 0 Å². The predicted molar refractivity (Wildman–Crippen MR) is 169 cm³/mol. The summed E-state index contributed by atoms with van der Waals surface area (Å²) in [5, 5.41) is 11.3. The van der Waals surface area contributed by atoms with Crippen molar-refractivity contribution in [3.63, 3.8) is 0 Å². The smallest absolute Gasteiger partial charge is 0.245 e. The Hall–Kier alpha value is -4.41. The van der Waals surface area contributed by atoms with Gasteiger partial charge in [0.25, 0.3) is 0 Å². The van der Waals surface area contributed by atoms with Crippen LogP contribution in [0.5, 0.6) is 5.75 Å². The van der Waals surface area contributed by atoms with Crippen molar-refractivity contribution in [3.8, 4) is 5.75 Å². The number of carbonyl (C=O) groups excluding carboxylic acids is 2. The van der Waals surface area contributed by atoms with Crippen molar-refractivity contribution >= 4 is 29.1 Å². The minimum Gasteiger partial charge on any atom is -0.497 e. The second-order valence-electron chi connectivity index (χ2n) is 11.2. The molecule has 0 saturated carbocycles. The summed E-state index contributed by atoms with van der Waals surface area (Å²) < 4.78 is 7.30. The number of methoxy groups -OCH3 is 1. The predicted octanol–water partition coefficient (Wildman–Crippen LogP) is 3.08. The van der Waals surface area contributed by atoms with Crippen LogP contribution >= 0.6 is 11.6 Å². The minimum absolute atomic E-state index is 0.0855. The fourth-order valence-electron chi connectivity index (χ4n) is 5.94. The number of fused-ring (bicyclic) bond motifs is 1. The van der Waals surface area contributed by atoms with E-state index in [1.807, 2.05) is 59.5 Å². The largest absolute Gasteiger partial charge is 0.497 e. The van der Waals surface area contributed by atoms with Gasteiger partial charge in [0.05, 0.1) is 19.7 Å². The lowest BCUT2D eigenvalue weighted by Gasteiger charge is -2.38. The molecule has 0 bridgehead atoms. The zero-order valence-electron chi connectivity index (χ0n) is 24.7. The van der Waals surface area contributed by atoms with E-state index in [-0.39, 0.29) is 11.8 Å². The lowest BCUT2D eigenvalue weighted by atomic mass is 9.95. The molecule has 0 aliphatic carbocycles. The number of piperazine rings is 1. The van der Waals surface area contributed by atoms with E-state index in [1.165, 1.54) is 11.9 Å². The maximum absolute atomic E-state index is 14.0. The molecule has 10 nitrogen and oxygen atoms in total. The van der Waals surface area contributed by atoms with Gasteiger partial charge < -0.3 is 25.2 Å². The molecule has 2 aliphatic heterocycles. The second-order valence-corrected chi connectivity index (χ2v) is 11.6. The van der Waals surface area contributed by atoms with Gasteiger partial charge in [-0.2, -0.15) is 5.10 Å². The zero-order chi connectivity index (χ0) is 30.5. The lowest BCUT2D eigenvalue weighted by Crippen LogP contribution is -2.58. The van der Waals surface area contributed by atoms with E-state index in [4.69, 9.17) is 16.3 Å². The zero-order valence-corrected chi connectivity index (χ0v) is 25.4. The summed E-state index contributed by atoms with van der Waals surface area (Å²) in [6, 6.07) is 20.5. The quantitative estimate of drug-likeness (QED) is 0.299. The molecule has 1 saturated heterocycles. The molecule has 0 radical (unpaired) electrons. The van der Waals surface area contributed by atoms with Crippen molar-refractivity contribution in [2.45, 2.75) is 38.0 Å². The van der Waals surface area contributed by atoms with Gasteiger partial charge in [-0.25, -0.2) is 9.67 Å². The van der Waals surface area contributed by atoms with Crippen LogP contribution in [0.25, 0.3) is 0 Å². The molecular formula is C33H36ClN7O3. The highest BCUT2D eigenvalue weighted by Gasteiger charge is 2.32. The average Bonchev–Trinajstić information content (AvgIpc) is 3.58. The van der Waals surface area contributed by atoms with E-state index < -0.39 is 12.1 Å². The fourth-order valence-corrected chi connectivity index (χ4v) is 6.07. The third-order valence-corrected chi connectivity index (χ3v) is 8.64. The molecule has 3 aromatic carbocycles. The Morgan fingerprint density at radius 2 is 1.82 bits per heavy atom. The number of benzene rings is 3. The first-order valence-electron chi connectivity index (χ1n) is 14.8. The Kier molecular flexibility index (Phi) is 9.09. The maximum atomic E-state index is 14.0. The molecule has 4 aromatic rings. The van der Waals surface area contributed by atoms with E-state index >= 15 is 0 Å². The molecule has 1 fully saturated rings. The summed E-state index contributed by atoms with van der Waals surface area (Å²) in [6.45, 7) is 3.54. The van der Waals surface area contributed by atoms with Crippen molar-refractivity contribution < 1.29 is 14.3 Å². The van der Waals surface area contributed by atoms with Gasteiger partial charge in [-0.15, -0.1) is 0 Å². The monoisotopic (exact) mass is 613 g/mol. The highest BCUT2D eigenvalue weighted by Crippen LogP contribution is 2.28. The molecule has 1 aromatic heterocycles. The first-order chi connectivity index (χ1) is 21.5. The van der Waals surface area contributed by atoms with Gasteiger partial charge in [0.1, 0.15) is 24.4 Å². The maximum Gasteiger partial charge on any atom is 0.245 e. The van der Waals surface area contributed by atoms with Gasteiger partial charge in [0.2, 0.25) is 11.8 Å². The summed E-state index contributed by atoms with van der Waals surface area (Å²) in [7, 11) is 1.66. The summed E-state index contributed by atoms with van der Waals surface area (Å²) in [5.41, 5.74) is 5.42. The first-order valence-corrected chi connectivity index (χ1v) is 15.2. The Morgan fingerprint density at radius 3 is 2.55 bits per heavy atom. The van der Waals surface area contributed by atoms with Crippen LogP contribution in [0.15, 0.2) is 79.4 Å². The van der Waals surface area contributed by atoms with Gasteiger partial charge in [-0.05, 0) is 46.9 Å². The van der Waals surface area contributed by atoms with Crippen LogP contribution < -0.4 is 20.3 Å². The number of anilines is 1. The molecule has 2 atom stereocenters. The van der Waals surface area contributed by atoms with Gasteiger partial charge in [0, 0.05) is 55.9 Å². The average molecular weight is 614 g/mol. The van der Waals surface area contributed by atoms with E-state index in [1.54, 1.807) is 18.1 Å². The molecule has 44 heavy (non-hydrogen) atoms. The normalized spacial score (nSPS) is 17.1. The molecule has 228 valence electrons. The number of ether oxygens (including phenoxy) is 1. The van der Waals surface area contributed by atoms with E-state index in [2.05, 4.69) is 37.7 Å². The summed E-state index contributed by atoms with van der Waals surface area (Å²) in [4.78, 5) is 35.7. The van der Waals surface area contributed by atoms with Crippen LogP contribution in [0.1, 0.15) is 22.3 Å². The minimum atomic E-state index is -0.700. The number of halogens is 1. The summed E-state index contributed by atoms with van der Waals surface area (Å²) in [6.07, 6.45) is 4.18. The molecule has 2 aliphatic rings. The second kappa shape index (κ2) is 13.5. The van der Waals surface area contributed by atoms with Gasteiger partial charge >= 0.3 is 0 Å². The number of carbonyl (C=O) groups is 2. The number of aromatic nitrogens is 3. The topological polar surface area (TPSA) is 105 Å². The Balaban J connectivity index is 1.15. The highest BCUT2D eigenvalue weighted by atomic mass is 35.5. The highest BCUT2D eigenvalue weighted by molar-refractivity contribution is 6.30. The SMILES string of the molecule is COc1ccc(Cn2cncn2)c(N2CCN(C(=O)[C@@H](Cc3ccc(Cl)cc3)NC(=O)[C@H]3Cc4ccccc4CN3)CC2)c1. The van der Waals surface area contributed by atoms with Gasteiger partial charge in [0.15, 0.2) is 0 Å². The number of hydrogen-bond acceptors (Lipinski definition) is 7. The third-order valence-electron chi connectivity index (χ3n) is 8.39. The number of hydrogen-bond donors (Lipinski definition) is 2. The lowest BCUT2D eigenvalue weighted by molar-refractivity contribution is -0.137. The van der Waals surface area contributed by atoms with Crippen LogP contribution in [-0.4, -0.2) is 76.9 Å². The number of nitrogens with one attached hydrogen (secondary N) is 2.